The van der Waals surface area contributed by atoms with Gasteiger partial charge in [-0.2, -0.15) is 0 Å². The van der Waals surface area contributed by atoms with Gasteiger partial charge in [0.05, 0.1) is 13.2 Å². The van der Waals surface area contributed by atoms with E-state index in [-0.39, 0.29) is 0 Å². The molecule has 0 aromatic rings. The lowest BCUT2D eigenvalue weighted by molar-refractivity contribution is 0.0389. The Morgan fingerprint density at radius 3 is 2.74 bits per heavy atom. The molecule has 3 aliphatic rings. The molecule has 0 aromatic heterocycles. The molecule has 2 aliphatic carbocycles. The van der Waals surface area contributed by atoms with Gasteiger partial charge in [-0.1, -0.05) is 0 Å². The summed E-state index contributed by atoms with van der Waals surface area (Å²) >= 11 is 0. The normalized spacial score (nSPS) is 29.3. The molecular weight excluding hydrogens is 240 g/mol. The molecule has 1 spiro atoms. The van der Waals surface area contributed by atoms with E-state index in [1.807, 2.05) is 7.05 Å². The number of hydrogen-bond acceptors (Lipinski definition) is 3. The van der Waals surface area contributed by atoms with Crippen LogP contribution >= 0.6 is 0 Å². The third-order valence-corrected chi connectivity index (χ3v) is 4.81. The number of morpholine rings is 1. The Balaban J connectivity index is 1.28. The largest absolute Gasteiger partial charge is 0.379 e. The number of hydrogen-bond donors (Lipinski definition) is 2. The van der Waals surface area contributed by atoms with Crippen LogP contribution in [0.1, 0.15) is 19.3 Å². The van der Waals surface area contributed by atoms with Crippen molar-refractivity contribution in [3.63, 3.8) is 0 Å². The van der Waals surface area contributed by atoms with Gasteiger partial charge in [0.15, 0.2) is 5.96 Å². The van der Waals surface area contributed by atoms with Gasteiger partial charge in [0, 0.05) is 39.8 Å². The molecule has 1 aliphatic heterocycles. The maximum Gasteiger partial charge on any atom is 0.191 e. The summed E-state index contributed by atoms with van der Waals surface area (Å²) in [6, 6.07) is 0. The highest BCUT2D eigenvalue weighted by atomic mass is 16.5. The van der Waals surface area contributed by atoms with E-state index in [4.69, 9.17) is 4.74 Å². The minimum Gasteiger partial charge on any atom is -0.379 e. The van der Waals surface area contributed by atoms with Gasteiger partial charge < -0.3 is 15.4 Å². The van der Waals surface area contributed by atoms with Crippen LogP contribution in [0.2, 0.25) is 0 Å². The maximum atomic E-state index is 5.35. The molecule has 1 saturated heterocycles. The second-order valence-corrected chi connectivity index (χ2v) is 6.10. The number of nitrogens with one attached hydrogen (secondary N) is 2. The third-order valence-electron chi connectivity index (χ3n) is 4.81. The summed E-state index contributed by atoms with van der Waals surface area (Å²) < 4.78 is 5.35. The standard InChI is InChI=1S/C14H26N4O/c1-15-13(17-11-12-10-14(12)2-3-14)16-4-5-18-6-8-19-9-7-18/h12H,2-11H2,1H3,(H2,15,16,17). The Labute approximate surface area is 115 Å². The van der Waals surface area contributed by atoms with E-state index in [0.29, 0.717) is 0 Å². The lowest BCUT2D eigenvalue weighted by Gasteiger charge is -2.26. The quantitative estimate of drug-likeness (QED) is 0.554. The van der Waals surface area contributed by atoms with Crippen LogP contribution in [0.15, 0.2) is 4.99 Å². The zero-order valence-corrected chi connectivity index (χ0v) is 12.0. The van der Waals surface area contributed by atoms with Gasteiger partial charge in [0.25, 0.3) is 0 Å². The molecule has 1 heterocycles. The van der Waals surface area contributed by atoms with Gasteiger partial charge in [0.1, 0.15) is 0 Å². The molecule has 0 amide bonds. The van der Waals surface area contributed by atoms with Crippen LogP contribution in [-0.4, -0.2) is 63.8 Å². The van der Waals surface area contributed by atoms with E-state index in [9.17, 15) is 0 Å². The van der Waals surface area contributed by atoms with Crippen LogP contribution in [0.4, 0.5) is 0 Å². The molecular formula is C14H26N4O. The molecule has 19 heavy (non-hydrogen) atoms. The molecule has 3 fully saturated rings. The highest BCUT2D eigenvalue weighted by Gasteiger charge is 2.62. The molecule has 1 atom stereocenters. The summed E-state index contributed by atoms with van der Waals surface area (Å²) in [6.07, 6.45) is 4.36. The lowest BCUT2D eigenvalue weighted by atomic mass is 10.3. The average Bonchev–Trinajstić information content (AvgIpc) is 3.36. The Morgan fingerprint density at radius 1 is 1.32 bits per heavy atom. The molecule has 5 heteroatoms. The molecule has 1 unspecified atom stereocenters. The fraction of sp³-hybridized carbons (Fsp3) is 0.929. The van der Waals surface area contributed by atoms with E-state index < -0.39 is 0 Å². The number of guanidine groups is 1. The molecule has 5 nitrogen and oxygen atoms in total. The average molecular weight is 266 g/mol. The summed E-state index contributed by atoms with van der Waals surface area (Å²) in [5.41, 5.74) is 0.777. The number of ether oxygens (including phenoxy) is 1. The van der Waals surface area contributed by atoms with Crippen LogP contribution in [0, 0.1) is 11.3 Å². The van der Waals surface area contributed by atoms with Crippen LogP contribution in [0.3, 0.4) is 0 Å². The van der Waals surface area contributed by atoms with Crippen molar-refractivity contribution in [2.24, 2.45) is 16.3 Å². The monoisotopic (exact) mass is 266 g/mol. The first kappa shape index (κ1) is 13.2. The first-order valence-electron chi connectivity index (χ1n) is 7.57. The Bertz CT molecular complexity index is 334. The minimum absolute atomic E-state index is 0.777. The Hall–Kier alpha value is -0.810. The van der Waals surface area contributed by atoms with E-state index in [1.165, 1.54) is 19.3 Å². The number of nitrogens with zero attached hydrogens (tertiary/aromatic N) is 2. The molecule has 108 valence electrons. The van der Waals surface area contributed by atoms with Crippen molar-refractivity contribution in [2.75, 3.05) is 53.0 Å². The summed E-state index contributed by atoms with van der Waals surface area (Å²) in [7, 11) is 1.85. The van der Waals surface area contributed by atoms with Crippen molar-refractivity contribution < 1.29 is 4.74 Å². The van der Waals surface area contributed by atoms with Gasteiger partial charge in [0.2, 0.25) is 0 Å². The fourth-order valence-electron chi connectivity index (χ4n) is 3.09. The van der Waals surface area contributed by atoms with Gasteiger partial charge in [-0.3, -0.25) is 9.89 Å². The van der Waals surface area contributed by atoms with Gasteiger partial charge in [-0.25, -0.2) is 0 Å². The lowest BCUT2D eigenvalue weighted by Crippen LogP contribution is -2.44. The fourth-order valence-corrected chi connectivity index (χ4v) is 3.09. The van der Waals surface area contributed by atoms with Crippen molar-refractivity contribution in [1.29, 1.82) is 0 Å². The molecule has 2 saturated carbocycles. The van der Waals surface area contributed by atoms with Crippen LogP contribution in [0.5, 0.6) is 0 Å². The van der Waals surface area contributed by atoms with Gasteiger partial charge in [-0.15, -0.1) is 0 Å². The summed E-state index contributed by atoms with van der Waals surface area (Å²) in [6.45, 7) is 6.97. The molecule has 2 N–H and O–H groups in total. The van der Waals surface area contributed by atoms with Crippen molar-refractivity contribution >= 4 is 5.96 Å². The SMILES string of the molecule is CN=C(NCCN1CCOCC1)NCC1CC12CC2. The maximum absolute atomic E-state index is 5.35. The molecule has 0 radical (unpaired) electrons. The zero-order chi connectivity index (χ0) is 13.1. The summed E-state index contributed by atoms with van der Waals surface area (Å²) in [5.74, 6) is 1.86. The second kappa shape index (κ2) is 5.67. The second-order valence-electron chi connectivity index (χ2n) is 6.10. The first-order valence-corrected chi connectivity index (χ1v) is 7.57. The number of rotatable bonds is 5. The highest BCUT2D eigenvalue weighted by Crippen LogP contribution is 2.70. The van der Waals surface area contributed by atoms with Crippen molar-refractivity contribution in [2.45, 2.75) is 19.3 Å². The van der Waals surface area contributed by atoms with E-state index in [2.05, 4.69) is 20.5 Å². The van der Waals surface area contributed by atoms with E-state index in [0.717, 1.165) is 63.2 Å². The molecule has 3 rings (SSSR count). The molecule has 0 aromatic carbocycles. The smallest absolute Gasteiger partial charge is 0.191 e. The van der Waals surface area contributed by atoms with Crippen molar-refractivity contribution in [1.82, 2.24) is 15.5 Å². The Morgan fingerprint density at radius 2 is 2.11 bits per heavy atom. The summed E-state index contributed by atoms with van der Waals surface area (Å²) in [5, 5.41) is 6.86. The third kappa shape index (κ3) is 3.39. The van der Waals surface area contributed by atoms with Crippen molar-refractivity contribution in [3.05, 3.63) is 0 Å². The van der Waals surface area contributed by atoms with E-state index in [1.54, 1.807) is 0 Å². The zero-order valence-electron chi connectivity index (χ0n) is 12.0. The minimum atomic E-state index is 0.777. The van der Waals surface area contributed by atoms with Crippen LogP contribution < -0.4 is 10.6 Å². The van der Waals surface area contributed by atoms with Gasteiger partial charge >= 0.3 is 0 Å². The van der Waals surface area contributed by atoms with E-state index >= 15 is 0 Å². The topological polar surface area (TPSA) is 48.9 Å². The van der Waals surface area contributed by atoms with Crippen molar-refractivity contribution in [3.8, 4) is 0 Å². The number of aliphatic imine (C=N–C) groups is 1. The van der Waals surface area contributed by atoms with Crippen LogP contribution in [0.25, 0.3) is 0 Å². The molecule has 0 bridgehead atoms. The summed E-state index contributed by atoms with van der Waals surface area (Å²) in [4.78, 5) is 6.72. The highest BCUT2D eigenvalue weighted by molar-refractivity contribution is 5.79. The van der Waals surface area contributed by atoms with Gasteiger partial charge in [-0.05, 0) is 30.6 Å². The first-order chi connectivity index (χ1) is 9.32. The predicted molar refractivity (Wildman–Crippen MR) is 76.4 cm³/mol. The predicted octanol–water partition coefficient (Wildman–Crippen LogP) is 0.284. The van der Waals surface area contributed by atoms with Crippen LogP contribution in [-0.2, 0) is 4.74 Å². The Kier molecular flexibility index (Phi) is 3.93.